The van der Waals surface area contributed by atoms with E-state index >= 15 is 0 Å². The fourth-order valence-corrected chi connectivity index (χ4v) is 2.37. The summed E-state index contributed by atoms with van der Waals surface area (Å²) in [6.07, 6.45) is 0. The number of para-hydroxylation sites is 1. The van der Waals surface area contributed by atoms with Gasteiger partial charge in [0.25, 0.3) is 5.91 Å². The fraction of sp³-hybridized carbons (Fsp3) is 0.0952. The first-order valence-electron chi connectivity index (χ1n) is 7.94. The van der Waals surface area contributed by atoms with Crippen molar-refractivity contribution in [2.75, 3.05) is 12.4 Å². The fourth-order valence-electron chi connectivity index (χ4n) is 2.37. The van der Waals surface area contributed by atoms with Gasteiger partial charge in [0.05, 0.1) is 7.11 Å². The van der Waals surface area contributed by atoms with E-state index in [1.165, 1.54) is 0 Å². The van der Waals surface area contributed by atoms with Crippen LogP contribution >= 0.6 is 0 Å². The Labute approximate surface area is 147 Å². The molecule has 25 heavy (non-hydrogen) atoms. The van der Waals surface area contributed by atoms with Crippen LogP contribution in [0, 0.1) is 6.92 Å². The largest absolute Gasteiger partial charge is 0.497 e. The summed E-state index contributed by atoms with van der Waals surface area (Å²) in [5, 5.41) is 2.86. The number of amides is 1. The first kappa shape index (κ1) is 16.6. The Morgan fingerprint density at radius 3 is 2.36 bits per heavy atom. The molecule has 0 radical (unpaired) electrons. The first-order chi connectivity index (χ1) is 12.2. The average molecular weight is 333 g/mol. The highest BCUT2D eigenvalue weighted by Crippen LogP contribution is 2.26. The van der Waals surface area contributed by atoms with Crippen LogP contribution in [0.5, 0.6) is 17.2 Å². The Morgan fingerprint density at radius 1 is 0.880 bits per heavy atom. The van der Waals surface area contributed by atoms with E-state index in [2.05, 4.69) is 5.32 Å². The molecule has 0 aliphatic heterocycles. The lowest BCUT2D eigenvalue weighted by Crippen LogP contribution is -2.11. The summed E-state index contributed by atoms with van der Waals surface area (Å²) in [5.74, 6) is 1.99. The number of hydrogen-bond acceptors (Lipinski definition) is 3. The standard InChI is InChI=1S/C21H19NO3/c1-15-6-3-4-9-20(15)25-18-12-10-17(11-13-18)22-21(23)16-7-5-8-19(14-16)24-2/h3-14H,1-2H3,(H,22,23). The van der Waals surface area contributed by atoms with Gasteiger partial charge in [-0.2, -0.15) is 0 Å². The molecule has 0 unspecified atom stereocenters. The normalized spacial score (nSPS) is 10.2. The molecule has 0 saturated carbocycles. The van der Waals surface area contributed by atoms with Gasteiger partial charge in [0, 0.05) is 11.3 Å². The van der Waals surface area contributed by atoms with Crippen molar-refractivity contribution in [3.05, 3.63) is 83.9 Å². The molecule has 3 aromatic carbocycles. The monoisotopic (exact) mass is 333 g/mol. The highest BCUT2D eigenvalue weighted by Gasteiger charge is 2.07. The minimum atomic E-state index is -0.188. The summed E-state index contributed by atoms with van der Waals surface area (Å²) < 4.78 is 11.0. The summed E-state index contributed by atoms with van der Waals surface area (Å²) in [6, 6.07) is 22.1. The van der Waals surface area contributed by atoms with Crippen LogP contribution in [-0.2, 0) is 0 Å². The number of carbonyl (C=O) groups is 1. The SMILES string of the molecule is COc1cccc(C(=O)Nc2ccc(Oc3ccccc3C)cc2)c1. The Morgan fingerprint density at radius 2 is 1.64 bits per heavy atom. The topological polar surface area (TPSA) is 47.6 Å². The van der Waals surface area contributed by atoms with Crippen molar-refractivity contribution in [3.63, 3.8) is 0 Å². The zero-order valence-electron chi connectivity index (χ0n) is 14.2. The molecule has 0 spiro atoms. The average Bonchev–Trinajstić information content (AvgIpc) is 2.65. The van der Waals surface area contributed by atoms with Crippen molar-refractivity contribution >= 4 is 11.6 Å². The van der Waals surface area contributed by atoms with Crippen molar-refractivity contribution < 1.29 is 14.3 Å². The molecule has 0 aromatic heterocycles. The van der Waals surface area contributed by atoms with E-state index in [1.807, 2.05) is 55.5 Å². The molecule has 3 aromatic rings. The van der Waals surface area contributed by atoms with E-state index in [0.717, 1.165) is 11.3 Å². The Kier molecular flexibility index (Phi) is 5.00. The predicted octanol–water partition coefficient (Wildman–Crippen LogP) is 5.05. The first-order valence-corrected chi connectivity index (χ1v) is 7.94. The molecule has 0 atom stereocenters. The van der Waals surface area contributed by atoms with E-state index in [-0.39, 0.29) is 5.91 Å². The van der Waals surface area contributed by atoms with Gasteiger partial charge in [0.1, 0.15) is 17.2 Å². The number of methoxy groups -OCH3 is 1. The van der Waals surface area contributed by atoms with Gasteiger partial charge in [-0.05, 0) is 61.0 Å². The van der Waals surface area contributed by atoms with E-state index in [9.17, 15) is 4.79 Å². The number of ether oxygens (including phenoxy) is 2. The van der Waals surface area contributed by atoms with E-state index in [1.54, 1.807) is 31.4 Å². The number of nitrogens with one attached hydrogen (secondary N) is 1. The maximum atomic E-state index is 12.3. The van der Waals surface area contributed by atoms with Gasteiger partial charge in [0.15, 0.2) is 0 Å². The van der Waals surface area contributed by atoms with Gasteiger partial charge in [-0.15, -0.1) is 0 Å². The van der Waals surface area contributed by atoms with Crippen LogP contribution < -0.4 is 14.8 Å². The van der Waals surface area contributed by atoms with Crippen molar-refractivity contribution in [1.29, 1.82) is 0 Å². The van der Waals surface area contributed by atoms with Gasteiger partial charge in [-0.1, -0.05) is 24.3 Å². The molecule has 0 fully saturated rings. The van der Waals surface area contributed by atoms with Crippen molar-refractivity contribution in [3.8, 4) is 17.2 Å². The second kappa shape index (κ2) is 7.53. The zero-order valence-corrected chi connectivity index (χ0v) is 14.2. The van der Waals surface area contributed by atoms with Crippen LogP contribution in [0.4, 0.5) is 5.69 Å². The van der Waals surface area contributed by atoms with E-state index in [0.29, 0.717) is 22.7 Å². The third kappa shape index (κ3) is 4.18. The lowest BCUT2D eigenvalue weighted by Gasteiger charge is -2.10. The van der Waals surface area contributed by atoms with Crippen molar-refractivity contribution in [1.82, 2.24) is 0 Å². The smallest absolute Gasteiger partial charge is 0.255 e. The maximum absolute atomic E-state index is 12.3. The van der Waals surface area contributed by atoms with Crippen LogP contribution in [-0.4, -0.2) is 13.0 Å². The Balaban J connectivity index is 1.68. The quantitative estimate of drug-likeness (QED) is 0.711. The number of benzene rings is 3. The molecular weight excluding hydrogens is 314 g/mol. The third-order valence-corrected chi connectivity index (χ3v) is 3.77. The molecule has 0 bridgehead atoms. The van der Waals surface area contributed by atoms with Gasteiger partial charge in [0.2, 0.25) is 0 Å². The molecule has 1 N–H and O–H groups in total. The summed E-state index contributed by atoms with van der Waals surface area (Å²) in [6.45, 7) is 2.00. The van der Waals surface area contributed by atoms with Gasteiger partial charge in [-0.3, -0.25) is 4.79 Å². The molecule has 0 heterocycles. The lowest BCUT2D eigenvalue weighted by atomic mass is 10.2. The lowest BCUT2D eigenvalue weighted by molar-refractivity contribution is 0.102. The molecule has 4 nitrogen and oxygen atoms in total. The number of carbonyl (C=O) groups excluding carboxylic acids is 1. The number of hydrogen-bond donors (Lipinski definition) is 1. The summed E-state index contributed by atoms with van der Waals surface area (Å²) in [4.78, 5) is 12.3. The van der Waals surface area contributed by atoms with E-state index in [4.69, 9.17) is 9.47 Å². The zero-order chi connectivity index (χ0) is 17.6. The molecule has 0 saturated heterocycles. The molecule has 0 aliphatic carbocycles. The third-order valence-electron chi connectivity index (χ3n) is 3.77. The molecule has 4 heteroatoms. The summed E-state index contributed by atoms with van der Waals surface area (Å²) >= 11 is 0. The molecular formula is C21H19NO3. The molecule has 126 valence electrons. The highest BCUT2D eigenvalue weighted by molar-refractivity contribution is 6.04. The molecule has 1 amide bonds. The number of aryl methyl sites for hydroxylation is 1. The predicted molar refractivity (Wildman–Crippen MR) is 98.6 cm³/mol. The Hall–Kier alpha value is -3.27. The molecule has 0 aliphatic rings. The summed E-state index contributed by atoms with van der Waals surface area (Å²) in [7, 11) is 1.57. The summed E-state index contributed by atoms with van der Waals surface area (Å²) in [5.41, 5.74) is 2.31. The van der Waals surface area contributed by atoms with Crippen LogP contribution in [0.15, 0.2) is 72.8 Å². The van der Waals surface area contributed by atoms with Gasteiger partial charge in [-0.25, -0.2) is 0 Å². The number of rotatable bonds is 5. The van der Waals surface area contributed by atoms with Crippen LogP contribution in [0.2, 0.25) is 0 Å². The van der Waals surface area contributed by atoms with Crippen LogP contribution in [0.1, 0.15) is 15.9 Å². The second-order valence-corrected chi connectivity index (χ2v) is 5.58. The van der Waals surface area contributed by atoms with Gasteiger partial charge >= 0.3 is 0 Å². The minimum Gasteiger partial charge on any atom is -0.497 e. The maximum Gasteiger partial charge on any atom is 0.255 e. The van der Waals surface area contributed by atoms with Crippen LogP contribution in [0.25, 0.3) is 0 Å². The van der Waals surface area contributed by atoms with Crippen molar-refractivity contribution in [2.45, 2.75) is 6.92 Å². The second-order valence-electron chi connectivity index (χ2n) is 5.58. The number of anilines is 1. The van der Waals surface area contributed by atoms with Crippen LogP contribution in [0.3, 0.4) is 0 Å². The Bertz CT molecular complexity index is 872. The van der Waals surface area contributed by atoms with Crippen molar-refractivity contribution in [2.24, 2.45) is 0 Å². The highest BCUT2D eigenvalue weighted by atomic mass is 16.5. The van der Waals surface area contributed by atoms with E-state index < -0.39 is 0 Å². The van der Waals surface area contributed by atoms with Gasteiger partial charge < -0.3 is 14.8 Å². The molecule has 3 rings (SSSR count). The minimum absolute atomic E-state index is 0.188.